The van der Waals surface area contributed by atoms with Gasteiger partial charge in [-0.3, -0.25) is 4.79 Å². The fourth-order valence-electron chi connectivity index (χ4n) is 1.35. The van der Waals surface area contributed by atoms with Crippen LogP contribution in [0.3, 0.4) is 0 Å². The van der Waals surface area contributed by atoms with E-state index in [2.05, 4.69) is 19.4 Å². The Labute approximate surface area is 101 Å². The van der Waals surface area contributed by atoms with Crippen molar-refractivity contribution in [2.75, 3.05) is 33.4 Å². The van der Waals surface area contributed by atoms with E-state index in [4.69, 9.17) is 0 Å². The Morgan fingerprint density at radius 2 is 2.06 bits per heavy atom. The normalized spacial score (nSPS) is 10.5. The highest BCUT2D eigenvalue weighted by molar-refractivity contribution is 7.98. The topological polar surface area (TPSA) is 33.5 Å². The van der Waals surface area contributed by atoms with Gasteiger partial charge in [-0.1, -0.05) is 12.1 Å². The van der Waals surface area contributed by atoms with Gasteiger partial charge in [0.05, 0.1) is 32.7 Å². The van der Waals surface area contributed by atoms with Gasteiger partial charge in [-0.2, -0.15) is 0 Å². The van der Waals surface area contributed by atoms with Crippen molar-refractivity contribution in [1.82, 2.24) is 5.32 Å². The van der Waals surface area contributed by atoms with E-state index < -0.39 is 0 Å². The molecule has 0 saturated heterocycles. The molecule has 0 radical (unpaired) electrons. The molecule has 0 aliphatic rings. The van der Waals surface area contributed by atoms with Crippen LogP contribution >= 0.6 is 11.8 Å². The summed E-state index contributed by atoms with van der Waals surface area (Å²) in [6.07, 6.45) is 1.98. The smallest absolute Gasteiger partial charge is 0.252 e. The highest BCUT2D eigenvalue weighted by atomic mass is 32.2. The van der Waals surface area contributed by atoms with Crippen molar-refractivity contribution in [2.24, 2.45) is 0 Å². The molecule has 1 aromatic rings. The Kier molecular flexibility index (Phi) is 5.35. The number of benzene rings is 1. The summed E-state index contributed by atoms with van der Waals surface area (Å²) in [6, 6.07) is 7.68. The minimum absolute atomic E-state index is 0.0196. The average molecular weight is 239 g/mol. The first-order valence-electron chi connectivity index (χ1n) is 5.35. The summed E-state index contributed by atoms with van der Waals surface area (Å²) in [4.78, 5) is 14.2. The molecule has 16 heavy (non-hydrogen) atoms. The summed E-state index contributed by atoms with van der Waals surface area (Å²) in [5.74, 6) is 0.0196. The monoisotopic (exact) mass is 239 g/mol. The largest absolute Gasteiger partial charge is 0.346 e. The first kappa shape index (κ1) is 13.1. The third-order valence-corrected chi connectivity index (χ3v) is 3.06. The zero-order chi connectivity index (χ0) is 12.0. The first-order chi connectivity index (χ1) is 7.65. The molecule has 0 aromatic heterocycles. The quantitative estimate of drug-likeness (QED) is 0.724. The van der Waals surface area contributed by atoms with Crippen molar-refractivity contribution in [3.05, 3.63) is 29.8 Å². The summed E-state index contributed by atoms with van der Waals surface area (Å²) in [5.41, 5.74) is 0.767. The summed E-state index contributed by atoms with van der Waals surface area (Å²) >= 11 is 1.60. The van der Waals surface area contributed by atoms with Crippen LogP contribution in [0.15, 0.2) is 29.2 Å². The van der Waals surface area contributed by atoms with Crippen LogP contribution in [0.4, 0.5) is 0 Å². The van der Waals surface area contributed by atoms with Crippen LogP contribution in [0.25, 0.3) is 0 Å². The lowest BCUT2D eigenvalue weighted by molar-refractivity contribution is -0.856. The summed E-state index contributed by atoms with van der Waals surface area (Å²) < 4.78 is 0. The van der Waals surface area contributed by atoms with Gasteiger partial charge in [0.1, 0.15) is 0 Å². The van der Waals surface area contributed by atoms with Crippen molar-refractivity contribution in [2.45, 2.75) is 4.90 Å². The van der Waals surface area contributed by atoms with Crippen molar-refractivity contribution >= 4 is 17.7 Å². The number of carbonyl (C=O) groups is 1. The average Bonchev–Trinajstić information content (AvgIpc) is 2.28. The van der Waals surface area contributed by atoms with E-state index in [1.54, 1.807) is 11.8 Å². The standard InChI is InChI=1S/C12H18N2OS/c1-14(2)9-8-13-12(15)10-6-4-5-7-11(10)16-3/h4-7H,8-9H2,1-3H3,(H,13,15)/p+1. The SMILES string of the molecule is CSc1ccccc1C(=O)NCC[NH+](C)C. The lowest BCUT2D eigenvalue weighted by atomic mass is 10.2. The van der Waals surface area contributed by atoms with E-state index in [-0.39, 0.29) is 5.91 Å². The van der Waals surface area contributed by atoms with Crippen LogP contribution < -0.4 is 10.2 Å². The number of amides is 1. The Bertz CT molecular complexity index is 353. The molecular weight excluding hydrogens is 220 g/mol. The number of hydrogen-bond donors (Lipinski definition) is 2. The Morgan fingerprint density at radius 3 is 2.69 bits per heavy atom. The molecule has 3 nitrogen and oxygen atoms in total. The molecule has 2 N–H and O–H groups in total. The van der Waals surface area contributed by atoms with E-state index in [0.29, 0.717) is 6.54 Å². The summed E-state index contributed by atoms with van der Waals surface area (Å²) in [5, 5.41) is 2.93. The zero-order valence-corrected chi connectivity index (χ0v) is 10.9. The Hall–Kier alpha value is -1.00. The predicted molar refractivity (Wildman–Crippen MR) is 68.2 cm³/mol. The predicted octanol–water partition coefficient (Wildman–Crippen LogP) is 0.283. The zero-order valence-electron chi connectivity index (χ0n) is 10.0. The molecule has 0 unspecified atom stereocenters. The third-order valence-electron chi connectivity index (χ3n) is 2.26. The molecule has 4 heteroatoms. The maximum absolute atomic E-state index is 11.9. The first-order valence-corrected chi connectivity index (χ1v) is 6.58. The van der Waals surface area contributed by atoms with Crippen LogP contribution in [0.2, 0.25) is 0 Å². The van der Waals surface area contributed by atoms with Gasteiger partial charge in [0, 0.05) is 4.90 Å². The van der Waals surface area contributed by atoms with Crippen LogP contribution in [-0.2, 0) is 0 Å². The van der Waals surface area contributed by atoms with Crippen molar-refractivity contribution in [1.29, 1.82) is 0 Å². The number of quaternary nitrogens is 1. The molecule has 0 aliphatic carbocycles. The fraction of sp³-hybridized carbons (Fsp3) is 0.417. The van der Waals surface area contributed by atoms with Gasteiger partial charge in [-0.15, -0.1) is 11.8 Å². The summed E-state index contributed by atoms with van der Waals surface area (Å²) in [7, 11) is 4.14. The summed E-state index contributed by atoms with van der Waals surface area (Å²) in [6.45, 7) is 1.65. The fourth-order valence-corrected chi connectivity index (χ4v) is 1.95. The van der Waals surface area contributed by atoms with E-state index in [1.807, 2.05) is 30.5 Å². The number of hydrogen-bond acceptors (Lipinski definition) is 2. The van der Waals surface area contributed by atoms with E-state index in [0.717, 1.165) is 17.0 Å². The molecule has 0 bridgehead atoms. The molecular formula is C12H19N2OS+. The van der Waals surface area contributed by atoms with Gasteiger partial charge >= 0.3 is 0 Å². The number of nitrogens with one attached hydrogen (secondary N) is 2. The number of carbonyl (C=O) groups excluding carboxylic acids is 1. The highest BCUT2D eigenvalue weighted by Crippen LogP contribution is 2.19. The highest BCUT2D eigenvalue weighted by Gasteiger charge is 2.09. The van der Waals surface area contributed by atoms with Gasteiger partial charge < -0.3 is 10.2 Å². The number of likely N-dealkylation sites (N-methyl/N-ethyl adjacent to an activating group) is 1. The molecule has 0 saturated carbocycles. The number of rotatable bonds is 5. The molecule has 1 rings (SSSR count). The molecule has 0 atom stereocenters. The van der Waals surface area contributed by atoms with Gasteiger partial charge in [-0.05, 0) is 18.4 Å². The van der Waals surface area contributed by atoms with E-state index >= 15 is 0 Å². The molecule has 0 spiro atoms. The minimum atomic E-state index is 0.0196. The molecule has 1 amide bonds. The van der Waals surface area contributed by atoms with Gasteiger partial charge in [0.25, 0.3) is 5.91 Å². The van der Waals surface area contributed by atoms with Crippen molar-refractivity contribution in [3.8, 4) is 0 Å². The van der Waals surface area contributed by atoms with E-state index in [9.17, 15) is 4.79 Å². The van der Waals surface area contributed by atoms with Gasteiger partial charge in [-0.25, -0.2) is 0 Å². The van der Waals surface area contributed by atoms with E-state index in [1.165, 1.54) is 4.90 Å². The van der Waals surface area contributed by atoms with Crippen LogP contribution in [0.1, 0.15) is 10.4 Å². The van der Waals surface area contributed by atoms with Crippen LogP contribution in [0.5, 0.6) is 0 Å². The number of thioether (sulfide) groups is 1. The maximum Gasteiger partial charge on any atom is 0.252 e. The van der Waals surface area contributed by atoms with Gasteiger partial charge in [0.2, 0.25) is 0 Å². The molecule has 88 valence electrons. The second-order valence-corrected chi connectivity index (χ2v) is 4.76. The lowest BCUT2D eigenvalue weighted by Gasteiger charge is -2.10. The van der Waals surface area contributed by atoms with Crippen LogP contribution in [-0.4, -0.2) is 39.3 Å². The molecule has 0 aliphatic heterocycles. The van der Waals surface area contributed by atoms with Crippen molar-refractivity contribution < 1.29 is 9.69 Å². The van der Waals surface area contributed by atoms with Crippen molar-refractivity contribution in [3.63, 3.8) is 0 Å². The molecule has 1 aromatic carbocycles. The molecule has 0 heterocycles. The van der Waals surface area contributed by atoms with Gasteiger partial charge in [0.15, 0.2) is 0 Å². The maximum atomic E-state index is 11.9. The lowest BCUT2D eigenvalue weighted by Crippen LogP contribution is -3.06. The second kappa shape index (κ2) is 6.55. The second-order valence-electron chi connectivity index (χ2n) is 3.91. The van der Waals surface area contributed by atoms with Crippen LogP contribution in [0, 0.1) is 0 Å². The Morgan fingerprint density at radius 1 is 1.38 bits per heavy atom. The minimum Gasteiger partial charge on any atom is -0.346 e. The Balaban J connectivity index is 2.59. The third kappa shape index (κ3) is 3.87. The molecule has 0 fully saturated rings.